The van der Waals surface area contributed by atoms with Gasteiger partial charge in [0.2, 0.25) is 0 Å². The van der Waals surface area contributed by atoms with Gasteiger partial charge in [-0.25, -0.2) is 8.42 Å². The topological polar surface area (TPSA) is 83.5 Å². The molecule has 0 rings (SSSR count). The van der Waals surface area contributed by atoms with E-state index in [2.05, 4.69) is 4.74 Å². The van der Waals surface area contributed by atoms with Crippen molar-refractivity contribution in [1.82, 2.24) is 0 Å². The first-order chi connectivity index (χ1) is 8.25. The lowest BCUT2D eigenvalue weighted by molar-refractivity contribution is -0.260. The van der Waals surface area contributed by atoms with Gasteiger partial charge in [-0.2, -0.15) is 22.0 Å². The lowest BCUT2D eigenvalue weighted by Crippen LogP contribution is -2.52. The number of rotatable bonds is 5. The Hall–Kier alpha value is -0.970. The van der Waals surface area contributed by atoms with Gasteiger partial charge in [0.25, 0.3) is 6.10 Å². The lowest BCUT2D eigenvalue weighted by atomic mass is 10.1. The van der Waals surface area contributed by atoms with Gasteiger partial charge in [-0.05, 0) is 6.42 Å². The summed E-state index contributed by atoms with van der Waals surface area (Å²) < 4.78 is 96.7. The molecule has 2 unspecified atom stereocenters. The van der Waals surface area contributed by atoms with E-state index in [4.69, 9.17) is 0 Å². The van der Waals surface area contributed by atoms with E-state index in [-0.39, 0.29) is 6.42 Å². The van der Waals surface area contributed by atoms with Crippen molar-refractivity contribution in [2.24, 2.45) is 5.92 Å². The van der Waals surface area contributed by atoms with Gasteiger partial charge in [-0.3, -0.25) is 4.79 Å². The molecule has 0 N–H and O–H groups in total. The summed E-state index contributed by atoms with van der Waals surface area (Å²) in [5.41, 5.74) is 0. The van der Waals surface area contributed by atoms with Crippen LogP contribution in [0.15, 0.2) is 0 Å². The third-order valence-corrected chi connectivity index (χ3v) is 3.07. The van der Waals surface area contributed by atoms with E-state index in [9.17, 15) is 39.7 Å². The van der Waals surface area contributed by atoms with Crippen molar-refractivity contribution >= 4 is 16.1 Å². The lowest BCUT2D eigenvalue weighted by Gasteiger charge is -2.30. The van der Waals surface area contributed by atoms with Crippen LogP contribution in [0.1, 0.15) is 20.3 Å². The number of esters is 1. The molecule has 0 saturated heterocycles. The molecule has 0 aliphatic rings. The Balaban J connectivity index is 5.46. The monoisotopic (exact) mass is 313 g/mol. The van der Waals surface area contributed by atoms with Crippen molar-refractivity contribution < 1.29 is 44.5 Å². The van der Waals surface area contributed by atoms with Crippen LogP contribution in [-0.2, 0) is 19.6 Å². The van der Waals surface area contributed by atoms with Crippen LogP contribution in [-0.4, -0.2) is 36.5 Å². The Morgan fingerprint density at radius 2 is 1.68 bits per heavy atom. The normalized spacial score (nSPS) is 16.8. The molecule has 0 aromatic rings. The molecule has 0 spiro atoms. The zero-order valence-corrected chi connectivity index (χ0v) is 10.5. The van der Waals surface area contributed by atoms with Gasteiger partial charge in [0.1, 0.15) is 0 Å². The summed E-state index contributed by atoms with van der Waals surface area (Å²) in [4.78, 5) is 11.1. The predicted molar refractivity (Wildman–Crippen MR) is 50.0 cm³/mol. The highest BCUT2D eigenvalue weighted by Crippen LogP contribution is 2.38. The smallest absolute Gasteiger partial charge is 0.432 e. The summed E-state index contributed by atoms with van der Waals surface area (Å²) in [6.07, 6.45) is -10.2. The summed E-state index contributed by atoms with van der Waals surface area (Å²) in [6.45, 7) is 2.47. The Labute approximate surface area is 105 Å². The fraction of sp³-hybridized carbons (Fsp3) is 0.875. The van der Waals surface area contributed by atoms with Gasteiger partial charge in [0.05, 0.1) is 5.92 Å². The molecule has 0 saturated carbocycles. The van der Waals surface area contributed by atoms with Crippen molar-refractivity contribution in [3.63, 3.8) is 0 Å². The Bertz CT molecular complexity index is 429. The molecule has 0 aromatic carbocycles. The number of ether oxygens (including phenoxy) is 1. The average Bonchev–Trinajstić information content (AvgIpc) is 2.20. The second-order valence-electron chi connectivity index (χ2n) is 3.68. The van der Waals surface area contributed by atoms with Crippen LogP contribution in [0.5, 0.6) is 0 Å². The molecule has 5 nitrogen and oxygen atoms in total. The number of hydrogen-bond acceptors (Lipinski definition) is 5. The molecule has 19 heavy (non-hydrogen) atoms. The van der Waals surface area contributed by atoms with Gasteiger partial charge < -0.3 is 9.29 Å². The molecule has 0 bridgehead atoms. The Morgan fingerprint density at radius 1 is 1.26 bits per heavy atom. The van der Waals surface area contributed by atoms with E-state index >= 15 is 0 Å². The maximum atomic E-state index is 12.9. The largest absolute Gasteiger partial charge is 0.743 e. The second kappa shape index (κ2) is 5.57. The van der Waals surface area contributed by atoms with E-state index in [0.717, 1.165) is 6.92 Å². The highest BCUT2D eigenvalue weighted by molar-refractivity contribution is 7.86. The number of halogens is 5. The van der Waals surface area contributed by atoms with Gasteiger partial charge in [0, 0.05) is 0 Å². The van der Waals surface area contributed by atoms with Crippen molar-refractivity contribution in [3.05, 3.63) is 0 Å². The molecule has 0 aromatic heterocycles. The summed E-state index contributed by atoms with van der Waals surface area (Å²) in [5, 5.41) is -5.80. The fourth-order valence-corrected chi connectivity index (χ4v) is 1.30. The van der Waals surface area contributed by atoms with Crippen molar-refractivity contribution in [1.29, 1.82) is 0 Å². The predicted octanol–water partition coefficient (Wildman–Crippen LogP) is 1.64. The zero-order valence-electron chi connectivity index (χ0n) is 9.70. The van der Waals surface area contributed by atoms with E-state index in [1.807, 2.05) is 0 Å². The van der Waals surface area contributed by atoms with Crippen molar-refractivity contribution in [3.8, 4) is 0 Å². The zero-order chi connectivity index (χ0) is 15.6. The second-order valence-corrected chi connectivity index (χ2v) is 5.14. The van der Waals surface area contributed by atoms with Crippen molar-refractivity contribution in [2.75, 3.05) is 0 Å². The number of alkyl halides is 5. The average molecular weight is 313 g/mol. The maximum Gasteiger partial charge on any atom is 0.432 e. The molecule has 114 valence electrons. The number of carbonyl (C=O) groups excluding carboxylic acids is 1. The summed E-state index contributed by atoms with van der Waals surface area (Å²) in [7, 11) is -6.64. The first-order valence-electron chi connectivity index (χ1n) is 4.85. The molecular weight excluding hydrogens is 303 g/mol. The maximum absolute atomic E-state index is 12.9. The minimum Gasteiger partial charge on any atom is -0.743 e. The highest BCUT2D eigenvalue weighted by atomic mass is 32.2. The molecule has 0 fully saturated rings. The van der Waals surface area contributed by atoms with Gasteiger partial charge in [-0.15, -0.1) is 0 Å². The van der Waals surface area contributed by atoms with Crippen LogP contribution in [0.3, 0.4) is 0 Å². The molecule has 0 aliphatic heterocycles. The van der Waals surface area contributed by atoms with E-state index < -0.39 is 39.5 Å². The number of hydrogen-bond donors (Lipinski definition) is 0. The summed E-state index contributed by atoms with van der Waals surface area (Å²) in [6, 6.07) is 0. The van der Waals surface area contributed by atoms with E-state index in [0.29, 0.717) is 0 Å². The molecule has 11 heteroatoms. The summed E-state index contributed by atoms with van der Waals surface area (Å²) in [5.74, 6) is -2.83. The quantitative estimate of drug-likeness (QED) is 0.438. The number of carbonyl (C=O) groups is 1. The van der Waals surface area contributed by atoms with Crippen LogP contribution in [0, 0.1) is 5.92 Å². The third-order valence-electron chi connectivity index (χ3n) is 2.18. The molecule has 0 radical (unpaired) electrons. The Morgan fingerprint density at radius 3 is 1.95 bits per heavy atom. The van der Waals surface area contributed by atoms with Crippen LogP contribution in [0.25, 0.3) is 0 Å². The standard InChI is InChI=1S/C8H11F5O5S/c1-3-4(2)5(14)18-6(7(9,10)11)8(12,13)19(15,16)17/h4,6H,3H2,1-2H3,(H,15,16,17)/p-1. The van der Waals surface area contributed by atoms with Gasteiger partial charge >= 0.3 is 17.4 Å². The molecule has 0 aliphatic carbocycles. The Kier molecular flexibility index (Phi) is 5.29. The fourth-order valence-electron chi connectivity index (χ4n) is 0.856. The molecule has 2 atom stereocenters. The third kappa shape index (κ3) is 4.27. The first-order valence-corrected chi connectivity index (χ1v) is 6.26. The van der Waals surface area contributed by atoms with Crippen LogP contribution in [0.4, 0.5) is 22.0 Å². The van der Waals surface area contributed by atoms with E-state index in [1.54, 1.807) is 0 Å². The SMILES string of the molecule is CCC(C)C(=O)OC(C(F)(F)F)C(F)(F)S(=O)(=O)[O-]. The van der Waals surface area contributed by atoms with Crippen LogP contribution < -0.4 is 0 Å². The van der Waals surface area contributed by atoms with Crippen LogP contribution in [0.2, 0.25) is 0 Å². The molecular formula is C8H10F5O5S-. The minimum absolute atomic E-state index is 0.0148. The van der Waals surface area contributed by atoms with Crippen molar-refractivity contribution in [2.45, 2.75) is 37.8 Å². The van der Waals surface area contributed by atoms with Gasteiger partial charge in [-0.1, -0.05) is 13.8 Å². The molecule has 0 amide bonds. The highest BCUT2D eigenvalue weighted by Gasteiger charge is 2.63. The minimum atomic E-state index is -6.64. The first kappa shape index (κ1) is 18.0. The van der Waals surface area contributed by atoms with Crippen LogP contribution >= 0.6 is 0 Å². The van der Waals surface area contributed by atoms with Gasteiger partial charge in [0.15, 0.2) is 10.1 Å². The van der Waals surface area contributed by atoms with E-state index in [1.165, 1.54) is 6.92 Å². The summed E-state index contributed by atoms with van der Waals surface area (Å²) >= 11 is 0. The molecule has 0 heterocycles.